The first-order valence-electron chi connectivity index (χ1n) is 5.11. The van der Waals surface area contributed by atoms with Crippen molar-refractivity contribution < 1.29 is 14.6 Å². The van der Waals surface area contributed by atoms with Crippen LogP contribution < -0.4 is 4.74 Å². The van der Waals surface area contributed by atoms with E-state index in [1.807, 2.05) is 37.3 Å². The Morgan fingerprint density at radius 2 is 2.00 bits per heavy atom. The van der Waals surface area contributed by atoms with E-state index in [0.29, 0.717) is 5.75 Å². The van der Waals surface area contributed by atoms with Crippen LogP contribution in [0.5, 0.6) is 5.75 Å². The zero-order valence-electron chi connectivity index (χ0n) is 9.73. The van der Waals surface area contributed by atoms with Crippen LogP contribution in [0.25, 0.3) is 6.08 Å². The number of carbonyl (C=O) groups is 1. The minimum absolute atomic E-state index is 0.577. The molecule has 0 heterocycles. The molecule has 0 aromatic heterocycles. The van der Waals surface area contributed by atoms with E-state index >= 15 is 0 Å². The second-order valence-corrected chi connectivity index (χ2v) is 3.96. The first-order valence-corrected chi connectivity index (χ1v) is 5.11. The monoisotopic (exact) mass is 220 g/mol. The first-order chi connectivity index (χ1) is 7.47. The second kappa shape index (κ2) is 4.84. The molecule has 0 unspecified atom stereocenters. The summed E-state index contributed by atoms with van der Waals surface area (Å²) in [6, 6.07) is 7.35. The van der Waals surface area contributed by atoms with Gasteiger partial charge in [0.15, 0.2) is 5.60 Å². The summed E-state index contributed by atoms with van der Waals surface area (Å²) in [7, 11) is 0. The highest BCUT2D eigenvalue weighted by atomic mass is 16.5. The van der Waals surface area contributed by atoms with Crippen LogP contribution in [-0.2, 0) is 4.79 Å². The summed E-state index contributed by atoms with van der Waals surface area (Å²) in [5, 5.41) is 8.98. The lowest BCUT2D eigenvalue weighted by Gasteiger charge is -2.22. The second-order valence-electron chi connectivity index (χ2n) is 3.96. The van der Waals surface area contributed by atoms with Crippen molar-refractivity contribution in [3.8, 4) is 5.75 Å². The number of rotatable bonds is 4. The molecule has 0 atom stereocenters. The lowest BCUT2D eigenvalue weighted by molar-refractivity contribution is -0.152. The van der Waals surface area contributed by atoms with Gasteiger partial charge in [-0.3, -0.25) is 0 Å². The Balaban J connectivity index is 3.01. The van der Waals surface area contributed by atoms with Gasteiger partial charge in [0.25, 0.3) is 0 Å². The number of benzene rings is 1. The van der Waals surface area contributed by atoms with Crippen molar-refractivity contribution in [2.75, 3.05) is 0 Å². The van der Waals surface area contributed by atoms with Gasteiger partial charge in [0.1, 0.15) is 5.75 Å². The molecule has 1 aromatic carbocycles. The number of para-hydroxylation sites is 1. The third-order valence-electron chi connectivity index (χ3n) is 2.15. The van der Waals surface area contributed by atoms with Crippen LogP contribution in [0.3, 0.4) is 0 Å². The molecule has 1 rings (SSSR count). The molecule has 0 aliphatic rings. The number of hydrogen-bond acceptors (Lipinski definition) is 2. The van der Waals surface area contributed by atoms with E-state index in [2.05, 4.69) is 0 Å². The first kappa shape index (κ1) is 12.3. The van der Waals surface area contributed by atoms with Gasteiger partial charge in [0, 0.05) is 5.56 Å². The molecular formula is C13H16O3. The Labute approximate surface area is 95.4 Å². The highest BCUT2D eigenvalue weighted by Gasteiger charge is 2.29. The maximum absolute atomic E-state index is 11.0. The smallest absolute Gasteiger partial charge is 0.347 e. The number of carboxylic acids is 1. The van der Waals surface area contributed by atoms with Crippen molar-refractivity contribution >= 4 is 12.0 Å². The maximum atomic E-state index is 11.0. The molecule has 0 saturated heterocycles. The van der Waals surface area contributed by atoms with Crippen molar-refractivity contribution in [2.45, 2.75) is 26.4 Å². The average molecular weight is 220 g/mol. The van der Waals surface area contributed by atoms with Crippen LogP contribution in [0.1, 0.15) is 26.3 Å². The maximum Gasteiger partial charge on any atom is 0.347 e. The third-order valence-corrected chi connectivity index (χ3v) is 2.15. The fourth-order valence-corrected chi connectivity index (χ4v) is 1.21. The van der Waals surface area contributed by atoms with Gasteiger partial charge in [-0.15, -0.1) is 0 Å². The van der Waals surface area contributed by atoms with E-state index in [-0.39, 0.29) is 0 Å². The van der Waals surface area contributed by atoms with Gasteiger partial charge >= 0.3 is 5.97 Å². The van der Waals surface area contributed by atoms with Gasteiger partial charge in [0.05, 0.1) is 0 Å². The molecule has 0 fully saturated rings. The topological polar surface area (TPSA) is 46.5 Å². The Kier molecular flexibility index (Phi) is 3.72. The SMILES string of the molecule is C/C=C/c1ccccc1OC(C)(C)C(=O)O. The molecule has 16 heavy (non-hydrogen) atoms. The number of hydrogen-bond donors (Lipinski definition) is 1. The number of aliphatic carboxylic acids is 1. The summed E-state index contributed by atoms with van der Waals surface area (Å²) < 4.78 is 5.50. The van der Waals surface area contributed by atoms with Crippen molar-refractivity contribution in [1.29, 1.82) is 0 Å². The molecule has 1 aromatic rings. The summed E-state index contributed by atoms with van der Waals surface area (Å²) in [6.07, 6.45) is 3.77. The molecule has 0 aliphatic heterocycles. The van der Waals surface area contributed by atoms with Gasteiger partial charge in [-0.1, -0.05) is 30.4 Å². The van der Waals surface area contributed by atoms with Crippen molar-refractivity contribution in [1.82, 2.24) is 0 Å². The Morgan fingerprint density at radius 3 is 2.56 bits per heavy atom. The van der Waals surface area contributed by atoms with Crippen LogP contribution in [-0.4, -0.2) is 16.7 Å². The number of ether oxygens (including phenoxy) is 1. The summed E-state index contributed by atoms with van der Waals surface area (Å²) in [5.41, 5.74) is -0.350. The van der Waals surface area contributed by atoms with E-state index in [1.165, 1.54) is 13.8 Å². The molecule has 0 amide bonds. The van der Waals surface area contributed by atoms with Crippen LogP contribution in [0.2, 0.25) is 0 Å². The molecular weight excluding hydrogens is 204 g/mol. The zero-order chi connectivity index (χ0) is 12.2. The average Bonchev–Trinajstić information content (AvgIpc) is 2.20. The minimum Gasteiger partial charge on any atom is -0.478 e. The van der Waals surface area contributed by atoms with E-state index in [1.54, 1.807) is 6.07 Å². The predicted octanol–water partition coefficient (Wildman–Crippen LogP) is 2.96. The van der Waals surface area contributed by atoms with E-state index < -0.39 is 11.6 Å². The van der Waals surface area contributed by atoms with E-state index in [9.17, 15) is 4.79 Å². The highest BCUT2D eigenvalue weighted by Crippen LogP contribution is 2.24. The zero-order valence-corrected chi connectivity index (χ0v) is 9.73. The van der Waals surface area contributed by atoms with Crippen LogP contribution in [0.15, 0.2) is 30.3 Å². The predicted molar refractivity (Wildman–Crippen MR) is 63.5 cm³/mol. The number of carboxylic acid groups (broad SMARTS) is 1. The standard InChI is InChI=1S/C13H16O3/c1-4-7-10-8-5-6-9-11(10)16-13(2,3)12(14)15/h4-9H,1-3H3,(H,14,15)/b7-4+. The quantitative estimate of drug-likeness (QED) is 0.848. The fraction of sp³-hybridized carbons (Fsp3) is 0.308. The molecule has 86 valence electrons. The Bertz CT molecular complexity index is 405. The van der Waals surface area contributed by atoms with Crippen molar-refractivity contribution in [3.63, 3.8) is 0 Å². The summed E-state index contributed by atoms with van der Waals surface area (Å²) in [6.45, 7) is 4.96. The van der Waals surface area contributed by atoms with E-state index in [4.69, 9.17) is 9.84 Å². The van der Waals surface area contributed by atoms with Crippen LogP contribution in [0.4, 0.5) is 0 Å². The lowest BCUT2D eigenvalue weighted by Crippen LogP contribution is -2.38. The van der Waals surface area contributed by atoms with Gasteiger partial charge in [0.2, 0.25) is 0 Å². The lowest BCUT2D eigenvalue weighted by atomic mass is 10.1. The molecule has 0 aliphatic carbocycles. The Morgan fingerprint density at radius 1 is 1.38 bits per heavy atom. The van der Waals surface area contributed by atoms with Crippen LogP contribution in [0, 0.1) is 0 Å². The summed E-state index contributed by atoms with van der Waals surface area (Å²) in [4.78, 5) is 11.0. The normalized spacial score (nSPS) is 11.7. The molecule has 0 spiro atoms. The van der Waals surface area contributed by atoms with Crippen molar-refractivity contribution in [3.05, 3.63) is 35.9 Å². The molecule has 0 radical (unpaired) electrons. The van der Waals surface area contributed by atoms with E-state index in [0.717, 1.165) is 5.56 Å². The van der Waals surface area contributed by atoms with Crippen LogP contribution >= 0.6 is 0 Å². The Hall–Kier alpha value is -1.77. The van der Waals surface area contributed by atoms with Gasteiger partial charge < -0.3 is 9.84 Å². The molecule has 3 heteroatoms. The van der Waals surface area contributed by atoms with Gasteiger partial charge in [-0.25, -0.2) is 4.79 Å². The summed E-state index contributed by atoms with van der Waals surface area (Å²) in [5.74, 6) is -0.407. The largest absolute Gasteiger partial charge is 0.478 e. The highest BCUT2D eigenvalue weighted by molar-refractivity contribution is 5.77. The molecule has 3 nitrogen and oxygen atoms in total. The van der Waals surface area contributed by atoms with Crippen molar-refractivity contribution in [2.24, 2.45) is 0 Å². The molecule has 1 N–H and O–H groups in total. The fourth-order valence-electron chi connectivity index (χ4n) is 1.21. The third kappa shape index (κ3) is 2.86. The van der Waals surface area contributed by atoms with Gasteiger partial charge in [-0.2, -0.15) is 0 Å². The van der Waals surface area contributed by atoms with Gasteiger partial charge in [-0.05, 0) is 26.8 Å². The number of allylic oxidation sites excluding steroid dienone is 1. The minimum atomic E-state index is -1.22. The summed E-state index contributed by atoms with van der Waals surface area (Å²) >= 11 is 0. The molecule has 0 saturated carbocycles. The molecule has 0 bridgehead atoms.